The summed E-state index contributed by atoms with van der Waals surface area (Å²) in [5.41, 5.74) is 4.09. The van der Waals surface area contributed by atoms with E-state index in [9.17, 15) is 9.32 Å². The number of hydrogen-bond acceptors (Lipinski definition) is 7. The number of nitrogens with zero attached hydrogens (tertiary/aromatic N) is 2. The lowest BCUT2D eigenvalue weighted by molar-refractivity contribution is 0.0133. The topological polar surface area (TPSA) is 71.4 Å². The standard InChI is InChI=1S/C31H40ClN2O4S/c1-21-6-5-8-29(37-2)27-13-10-25(27)19-34-18-24-9-12-26(32)16-22(24)7-3-4-15-38-30-14-11-23(17-28(30)34)31(35)33-39(36)20-21/h5,8-9,11-12,14,16-17,21,25,27,29,31,35H,3-4,6-7,10,13,15,18-20H2,1-2H3/q-1/b8-5+/t21-,25-,27+,29-,31?/m0/s1. The van der Waals surface area contributed by atoms with E-state index in [1.165, 1.54) is 11.1 Å². The van der Waals surface area contributed by atoms with Crippen molar-refractivity contribution in [3.63, 3.8) is 0 Å². The van der Waals surface area contributed by atoms with E-state index < -0.39 is 16.8 Å². The zero-order valence-electron chi connectivity index (χ0n) is 22.9. The van der Waals surface area contributed by atoms with E-state index in [0.29, 0.717) is 36.3 Å². The van der Waals surface area contributed by atoms with Crippen molar-refractivity contribution in [3.05, 3.63) is 70.3 Å². The Morgan fingerprint density at radius 1 is 1.15 bits per heavy atom. The summed E-state index contributed by atoms with van der Waals surface area (Å²) in [7, 11) is 0.306. The minimum absolute atomic E-state index is 0.0537. The molecule has 5 atom stereocenters. The zero-order chi connectivity index (χ0) is 27.4. The zero-order valence-corrected chi connectivity index (χ0v) is 24.5. The summed E-state index contributed by atoms with van der Waals surface area (Å²) in [6.07, 6.45) is 9.24. The summed E-state index contributed by atoms with van der Waals surface area (Å²) in [4.78, 5) is 2.39. The van der Waals surface area contributed by atoms with Crippen molar-refractivity contribution in [2.24, 2.45) is 22.1 Å². The third kappa shape index (κ3) is 6.99. The second-order valence-electron chi connectivity index (χ2n) is 11.3. The number of hydrogen-bond donors (Lipinski definition) is 1. The molecular formula is C31H40ClN2O4S-. The van der Waals surface area contributed by atoms with Crippen LogP contribution < -0.4 is 9.64 Å². The van der Waals surface area contributed by atoms with Gasteiger partial charge in [0, 0.05) is 30.8 Å². The molecule has 212 valence electrons. The molecule has 0 aromatic heterocycles. The quantitative estimate of drug-likeness (QED) is 0.300. The third-order valence-corrected chi connectivity index (χ3v) is 9.91. The number of fused-ring (bicyclic) bond motifs is 3. The van der Waals surface area contributed by atoms with Crippen LogP contribution in [0.25, 0.3) is 0 Å². The molecule has 39 heavy (non-hydrogen) atoms. The van der Waals surface area contributed by atoms with Gasteiger partial charge >= 0.3 is 0 Å². The van der Waals surface area contributed by atoms with Gasteiger partial charge in [0.25, 0.3) is 0 Å². The Morgan fingerprint density at radius 3 is 2.82 bits per heavy atom. The lowest BCUT2D eigenvalue weighted by Crippen LogP contribution is -2.43. The van der Waals surface area contributed by atoms with Crippen LogP contribution in [0.1, 0.15) is 61.9 Å². The molecule has 0 amide bonds. The van der Waals surface area contributed by atoms with Crippen LogP contribution in [0.5, 0.6) is 5.75 Å². The van der Waals surface area contributed by atoms with Gasteiger partial charge in [-0.3, -0.25) is 0 Å². The van der Waals surface area contributed by atoms with Crippen LogP contribution in [0.15, 0.2) is 52.9 Å². The van der Waals surface area contributed by atoms with Crippen LogP contribution in [0.2, 0.25) is 5.02 Å². The first-order valence-electron chi connectivity index (χ1n) is 14.2. The Balaban J connectivity index is 1.59. The van der Waals surface area contributed by atoms with E-state index in [1.54, 1.807) is 7.11 Å². The second-order valence-corrected chi connectivity index (χ2v) is 12.9. The second kappa shape index (κ2) is 13.1. The molecule has 2 aromatic rings. The SMILES string of the molecule is CO[C@H]1/C=C/C[C@H](C)C[S-](=O)=NC(O)c2ccc3c(c2)N(Cc2ccc(Cl)cc2CCCCO3)C[C@@H]2CC[C@H]21. The Kier molecular flexibility index (Phi) is 9.54. The Bertz CT molecular complexity index is 1260. The van der Waals surface area contributed by atoms with Crippen LogP contribution in [0.4, 0.5) is 5.69 Å². The van der Waals surface area contributed by atoms with Gasteiger partial charge in [0.1, 0.15) is 12.0 Å². The number of benzene rings is 2. The fourth-order valence-electron chi connectivity index (χ4n) is 6.00. The summed E-state index contributed by atoms with van der Waals surface area (Å²) < 4.78 is 29.3. The predicted octanol–water partition coefficient (Wildman–Crippen LogP) is 6.84. The smallest absolute Gasteiger partial charge is 0.148 e. The number of aliphatic hydroxyl groups is 1. The maximum atomic E-state index is 12.8. The molecule has 2 bridgehead atoms. The average molecular weight is 572 g/mol. The molecule has 6 nitrogen and oxygen atoms in total. The molecule has 1 aliphatic carbocycles. The lowest BCUT2D eigenvalue weighted by Gasteiger charge is -2.43. The first kappa shape index (κ1) is 28.5. The van der Waals surface area contributed by atoms with Crippen LogP contribution in [-0.4, -0.2) is 37.2 Å². The molecule has 1 saturated carbocycles. The summed E-state index contributed by atoms with van der Waals surface area (Å²) >= 11 is 6.41. The Morgan fingerprint density at radius 2 is 2.03 bits per heavy atom. The van der Waals surface area contributed by atoms with Crippen LogP contribution in [0.3, 0.4) is 0 Å². The monoisotopic (exact) mass is 571 g/mol. The van der Waals surface area contributed by atoms with Crippen molar-refractivity contribution < 1.29 is 18.8 Å². The van der Waals surface area contributed by atoms with Crippen molar-refractivity contribution in [1.29, 1.82) is 0 Å². The van der Waals surface area contributed by atoms with Gasteiger partial charge < -0.3 is 28.1 Å². The molecule has 5 rings (SSSR count). The van der Waals surface area contributed by atoms with Gasteiger partial charge in [0.2, 0.25) is 0 Å². The van der Waals surface area contributed by atoms with Gasteiger partial charge in [-0.25, -0.2) is 0 Å². The van der Waals surface area contributed by atoms with E-state index in [0.717, 1.165) is 61.5 Å². The molecule has 1 N–H and O–H groups in total. The highest BCUT2D eigenvalue weighted by atomic mass is 35.5. The minimum atomic E-state index is -1.49. The first-order valence-corrected chi connectivity index (χ1v) is 15.8. The molecular weight excluding hydrogens is 532 g/mol. The highest BCUT2D eigenvalue weighted by Gasteiger charge is 2.37. The molecule has 0 spiro atoms. The van der Waals surface area contributed by atoms with Gasteiger partial charge in [-0.1, -0.05) is 54.5 Å². The summed E-state index contributed by atoms with van der Waals surface area (Å²) in [6.45, 7) is 4.24. The average Bonchev–Trinajstić information content (AvgIpc) is 2.92. The first-order chi connectivity index (χ1) is 18.9. The molecule has 3 aliphatic rings. The third-order valence-electron chi connectivity index (χ3n) is 8.38. The van der Waals surface area contributed by atoms with Gasteiger partial charge in [0.15, 0.2) is 0 Å². The molecule has 8 heteroatoms. The van der Waals surface area contributed by atoms with Crippen molar-refractivity contribution >= 4 is 27.9 Å². The number of aryl methyl sites for hydroxylation is 1. The summed E-state index contributed by atoms with van der Waals surface area (Å²) in [5, 5.41) is 11.7. The Hall–Kier alpha value is -2.06. The van der Waals surface area contributed by atoms with Crippen molar-refractivity contribution in [1.82, 2.24) is 0 Å². The van der Waals surface area contributed by atoms with E-state index in [1.807, 2.05) is 24.3 Å². The van der Waals surface area contributed by atoms with E-state index in [4.69, 9.17) is 21.1 Å². The number of allylic oxidation sites excluding steroid dienone is 1. The number of halogens is 1. The highest BCUT2D eigenvalue weighted by molar-refractivity contribution is 7.74. The Labute approximate surface area is 239 Å². The van der Waals surface area contributed by atoms with Gasteiger partial charge in [-0.15, -0.1) is 0 Å². The predicted molar refractivity (Wildman–Crippen MR) is 158 cm³/mol. The molecule has 1 unspecified atom stereocenters. The highest BCUT2D eigenvalue weighted by Crippen LogP contribution is 2.42. The maximum absolute atomic E-state index is 12.8. The molecule has 1 fully saturated rings. The summed E-state index contributed by atoms with van der Waals surface area (Å²) in [5.74, 6) is 2.29. The molecule has 2 aromatic carbocycles. The largest absolute Gasteiger partial charge is 0.491 e. The van der Waals surface area contributed by atoms with E-state index in [-0.39, 0.29) is 12.0 Å². The number of ether oxygens (including phenoxy) is 2. The summed E-state index contributed by atoms with van der Waals surface area (Å²) in [6, 6.07) is 12.0. The van der Waals surface area contributed by atoms with Gasteiger partial charge in [0.05, 0.1) is 18.4 Å². The van der Waals surface area contributed by atoms with Crippen molar-refractivity contribution in [3.8, 4) is 5.75 Å². The van der Waals surface area contributed by atoms with Crippen molar-refractivity contribution in [2.75, 3.05) is 30.9 Å². The van der Waals surface area contributed by atoms with E-state index in [2.05, 4.69) is 40.5 Å². The van der Waals surface area contributed by atoms with Crippen LogP contribution >= 0.6 is 11.6 Å². The molecule has 2 heterocycles. The molecule has 0 radical (unpaired) electrons. The minimum Gasteiger partial charge on any atom is -0.491 e. The van der Waals surface area contributed by atoms with E-state index >= 15 is 0 Å². The number of anilines is 1. The maximum Gasteiger partial charge on any atom is 0.148 e. The molecule has 2 aliphatic heterocycles. The van der Waals surface area contributed by atoms with Crippen LogP contribution in [-0.2, 0) is 32.5 Å². The number of rotatable bonds is 1. The fourth-order valence-corrected chi connectivity index (χ4v) is 7.25. The molecule has 0 saturated heterocycles. The van der Waals surface area contributed by atoms with Crippen molar-refractivity contribution in [2.45, 2.75) is 64.3 Å². The van der Waals surface area contributed by atoms with Crippen LogP contribution in [0, 0.1) is 17.8 Å². The van der Waals surface area contributed by atoms with Gasteiger partial charge in [-0.05, 0) is 85.8 Å². The fraction of sp³-hybridized carbons (Fsp3) is 0.548. The normalized spacial score (nSPS) is 29.4. The van der Waals surface area contributed by atoms with Gasteiger partial charge in [-0.2, -0.15) is 10.6 Å². The number of aliphatic hydroxyl groups excluding tert-OH is 1. The lowest BCUT2D eigenvalue weighted by atomic mass is 9.70. The number of methoxy groups -OCH3 is 1.